The zero-order valence-corrected chi connectivity index (χ0v) is 15.5. The van der Waals surface area contributed by atoms with Crippen molar-refractivity contribution in [2.75, 3.05) is 52.5 Å². The Balaban J connectivity index is 1.41. The highest BCUT2D eigenvalue weighted by molar-refractivity contribution is 5.84. The number of rotatable bonds is 5. The summed E-state index contributed by atoms with van der Waals surface area (Å²) in [4.78, 5) is 34.7. The Kier molecular flexibility index (Phi) is 6.20. The number of hydrogen-bond donors (Lipinski definition) is 0. The van der Waals surface area contributed by atoms with E-state index < -0.39 is 0 Å². The van der Waals surface area contributed by atoms with Crippen LogP contribution in [0.3, 0.4) is 0 Å². The highest BCUT2D eigenvalue weighted by Gasteiger charge is 2.27. The molecule has 3 heterocycles. The maximum atomic E-state index is 12.4. The van der Waals surface area contributed by atoms with Gasteiger partial charge in [-0.3, -0.25) is 14.5 Å². The van der Waals surface area contributed by atoms with Crippen molar-refractivity contribution in [3.8, 4) is 0 Å². The third-order valence-corrected chi connectivity index (χ3v) is 5.03. The van der Waals surface area contributed by atoms with Crippen LogP contribution in [-0.4, -0.2) is 89.1 Å². The minimum atomic E-state index is 0.0383. The molecule has 1 aromatic heterocycles. The lowest BCUT2D eigenvalue weighted by Gasteiger charge is -2.37. The SMILES string of the molecule is Cc1noc(C(C)N2CCN(C(=O)CCC(=O)N3CCOCC3)CC2)n1. The maximum absolute atomic E-state index is 12.4. The Morgan fingerprint density at radius 2 is 1.58 bits per heavy atom. The highest BCUT2D eigenvalue weighted by Crippen LogP contribution is 2.20. The molecule has 2 saturated heterocycles. The molecule has 144 valence electrons. The fourth-order valence-electron chi connectivity index (χ4n) is 3.34. The standard InChI is InChI=1S/C17H27N5O4/c1-13(17-18-14(2)19-26-17)20-5-7-21(8-6-20)15(23)3-4-16(24)22-9-11-25-12-10-22/h13H,3-12H2,1-2H3. The molecule has 0 spiro atoms. The minimum absolute atomic E-state index is 0.0383. The number of hydrogen-bond acceptors (Lipinski definition) is 7. The predicted molar refractivity (Wildman–Crippen MR) is 92.2 cm³/mol. The van der Waals surface area contributed by atoms with E-state index in [1.165, 1.54) is 0 Å². The molecule has 9 heteroatoms. The van der Waals surface area contributed by atoms with Crippen LogP contribution in [-0.2, 0) is 14.3 Å². The van der Waals surface area contributed by atoms with Gasteiger partial charge in [0, 0.05) is 52.1 Å². The number of carbonyl (C=O) groups excluding carboxylic acids is 2. The van der Waals surface area contributed by atoms with Crippen LogP contribution in [0.25, 0.3) is 0 Å². The van der Waals surface area contributed by atoms with Gasteiger partial charge in [-0.15, -0.1) is 0 Å². The van der Waals surface area contributed by atoms with Crippen molar-refractivity contribution < 1.29 is 18.8 Å². The summed E-state index contributed by atoms with van der Waals surface area (Å²) < 4.78 is 10.5. The van der Waals surface area contributed by atoms with Gasteiger partial charge < -0.3 is 19.1 Å². The average Bonchev–Trinajstić information content (AvgIpc) is 3.12. The topological polar surface area (TPSA) is 92.0 Å². The van der Waals surface area contributed by atoms with Crippen molar-refractivity contribution >= 4 is 11.8 Å². The van der Waals surface area contributed by atoms with Gasteiger partial charge in [-0.2, -0.15) is 4.98 Å². The van der Waals surface area contributed by atoms with Gasteiger partial charge in [0.15, 0.2) is 5.82 Å². The molecule has 2 amide bonds. The van der Waals surface area contributed by atoms with E-state index in [-0.39, 0.29) is 30.7 Å². The Morgan fingerprint density at radius 1 is 1.00 bits per heavy atom. The summed E-state index contributed by atoms with van der Waals surface area (Å²) >= 11 is 0. The summed E-state index contributed by atoms with van der Waals surface area (Å²) in [6.07, 6.45) is 0.547. The first-order valence-corrected chi connectivity index (χ1v) is 9.22. The second-order valence-corrected chi connectivity index (χ2v) is 6.77. The molecule has 26 heavy (non-hydrogen) atoms. The summed E-state index contributed by atoms with van der Waals surface area (Å²) in [5, 5.41) is 3.83. The zero-order valence-electron chi connectivity index (χ0n) is 15.5. The van der Waals surface area contributed by atoms with Crippen LogP contribution in [0.2, 0.25) is 0 Å². The summed E-state index contributed by atoms with van der Waals surface area (Å²) in [6.45, 7) is 9.07. The molecule has 0 aromatic carbocycles. The molecule has 0 N–H and O–H groups in total. The predicted octanol–water partition coefficient (Wildman–Crippen LogP) is 0.222. The normalized spacial score (nSPS) is 20.2. The number of ether oxygens (including phenoxy) is 1. The molecule has 1 atom stereocenters. The largest absolute Gasteiger partial charge is 0.378 e. The van der Waals surface area contributed by atoms with Crippen LogP contribution >= 0.6 is 0 Å². The number of morpholine rings is 1. The number of nitrogens with zero attached hydrogens (tertiary/aromatic N) is 5. The molecule has 1 aromatic rings. The van der Waals surface area contributed by atoms with Crippen LogP contribution in [0.5, 0.6) is 0 Å². The molecule has 2 aliphatic heterocycles. The van der Waals surface area contributed by atoms with Gasteiger partial charge in [0.2, 0.25) is 17.7 Å². The Bertz CT molecular complexity index is 620. The highest BCUT2D eigenvalue weighted by atomic mass is 16.5. The lowest BCUT2D eigenvalue weighted by atomic mass is 10.2. The molecule has 0 aliphatic carbocycles. The monoisotopic (exact) mass is 365 g/mol. The van der Waals surface area contributed by atoms with E-state index in [0.717, 1.165) is 13.1 Å². The fourth-order valence-corrected chi connectivity index (χ4v) is 3.34. The molecular formula is C17H27N5O4. The van der Waals surface area contributed by atoms with Crippen LogP contribution < -0.4 is 0 Å². The Hall–Kier alpha value is -2.00. The molecule has 0 bridgehead atoms. The lowest BCUT2D eigenvalue weighted by Crippen LogP contribution is -2.49. The van der Waals surface area contributed by atoms with Crippen LogP contribution in [0, 0.1) is 6.92 Å². The van der Waals surface area contributed by atoms with E-state index >= 15 is 0 Å². The second kappa shape index (κ2) is 8.59. The van der Waals surface area contributed by atoms with Crippen molar-refractivity contribution in [3.05, 3.63) is 11.7 Å². The van der Waals surface area contributed by atoms with E-state index in [9.17, 15) is 9.59 Å². The van der Waals surface area contributed by atoms with Gasteiger partial charge in [-0.25, -0.2) is 0 Å². The second-order valence-electron chi connectivity index (χ2n) is 6.77. The molecule has 9 nitrogen and oxygen atoms in total. The fraction of sp³-hybridized carbons (Fsp3) is 0.765. The van der Waals surface area contributed by atoms with Crippen molar-refractivity contribution in [3.63, 3.8) is 0 Å². The summed E-state index contributed by atoms with van der Waals surface area (Å²) in [5.41, 5.74) is 0. The van der Waals surface area contributed by atoms with Crippen LogP contribution in [0.15, 0.2) is 4.52 Å². The van der Waals surface area contributed by atoms with Crippen molar-refractivity contribution in [1.82, 2.24) is 24.8 Å². The lowest BCUT2D eigenvalue weighted by molar-refractivity contribution is -0.140. The molecular weight excluding hydrogens is 338 g/mol. The van der Waals surface area contributed by atoms with Crippen LogP contribution in [0.4, 0.5) is 0 Å². The summed E-state index contributed by atoms with van der Waals surface area (Å²) in [6, 6.07) is 0.0383. The van der Waals surface area contributed by atoms with E-state index in [1.807, 2.05) is 11.8 Å². The first-order chi connectivity index (χ1) is 12.5. The number of amides is 2. The van der Waals surface area contributed by atoms with E-state index in [1.54, 1.807) is 11.8 Å². The van der Waals surface area contributed by atoms with Gasteiger partial charge in [0.25, 0.3) is 0 Å². The van der Waals surface area contributed by atoms with Crippen molar-refractivity contribution in [1.29, 1.82) is 0 Å². The smallest absolute Gasteiger partial charge is 0.243 e. The van der Waals surface area contributed by atoms with Gasteiger partial charge in [0.05, 0.1) is 19.3 Å². The Labute approximate surface area is 153 Å². The third-order valence-electron chi connectivity index (χ3n) is 5.03. The van der Waals surface area contributed by atoms with Gasteiger partial charge in [-0.1, -0.05) is 5.16 Å². The van der Waals surface area contributed by atoms with Crippen LogP contribution in [0.1, 0.15) is 37.5 Å². The molecule has 2 fully saturated rings. The summed E-state index contributed by atoms with van der Waals surface area (Å²) in [5.74, 6) is 1.33. The number of piperazine rings is 1. The molecule has 0 radical (unpaired) electrons. The van der Waals surface area contributed by atoms with Gasteiger partial charge >= 0.3 is 0 Å². The first-order valence-electron chi connectivity index (χ1n) is 9.22. The van der Waals surface area contributed by atoms with Gasteiger partial charge in [-0.05, 0) is 13.8 Å². The summed E-state index contributed by atoms with van der Waals surface area (Å²) in [7, 11) is 0. The molecule has 0 saturated carbocycles. The quantitative estimate of drug-likeness (QED) is 0.737. The first kappa shape index (κ1) is 18.8. The number of carbonyl (C=O) groups is 2. The van der Waals surface area contributed by atoms with E-state index in [2.05, 4.69) is 15.0 Å². The van der Waals surface area contributed by atoms with E-state index in [0.29, 0.717) is 51.1 Å². The molecule has 1 unspecified atom stereocenters. The average molecular weight is 365 g/mol. The van der Waals surface area contributed by atoms with Crippen molar-refractivity contribution in [2.45, 2.75) is 32.7 Å². The van der Waals surface area contributed by atoms with E-state index in [4.69, 9.17) is 9.26 Å². The molecule has 3 rings (SSSR count). The number of aromatic nitrogens is 2. The third kappa shape index (κ3) is 4.59. The minimum Gasteiger partial charge on any atom is -0.378 e. The van der Waals surface area contributed by atoms with Gasteiger partial charge in [0.1, 0.15) is 0 Å². The zero-order chi connectivity index (χ0) is 18.5. The Morgan fingerprint density at radius 3 is 2.12 bits per heavy atom. The number of aryl methyl sites for hydroxylation is 1. The molecule has 2 aliphatic rings. The van der Waals surface area contributed by atoms with Crippen molar-refractivity contribution in [2.24, 2.45) is 0 Å². The maximum Gasteiger partial charge on any atom is 0.243 e.